The van der Waals surface area contributed by atoms with Crippen LogP contribution in [0.5, 0.6) is 0 Å². The molecule has 0 amide bonds. The van der Waals surface area contributed by atoms with Gasteiger partial charge in [-0.2, -0.15) is 16.3 Å². The van der Waals surface area contributed by atoms with Crippen molar-refractivity contribution in [2.45, 2.75) is 6.42 Å². The van der Waals surface area contributed by atoms with E-state index in [1.807, 2.05) is 0 Å². The number of nitrogen functional groups attached to an aromatic ring is 1. The third-order valence-electron chi connectivity index (χ3n) is 2.26. The lowest BCUT2D eigenvalue weighted by atomic mass is 10.2. The number of hydrogen-bond acceptors (Lipinski definition) is 5. The summed E-state index contributed by atoms with van der Waals surface area (Å²) in [6.45, 7) is 0. The zero-order valence-corrected chi connectivity index (χ0v) is 9.16. The largest absolute Gasteiger partial charge is 0.368 e. The minimum absolute atomic E-state index is 0.262. The monoisotopic (exact) mass is 231 g/mol. The van der Waals surface area contributed by atoms with Crippen molar-refractivity contribution in [2.75, 3.05) is 5.73 Å². The highest BCUT2D eigenvalue weighted by atomic mass is 32.1. The van der Waals surface area contributed by atoms with E-state index < -0.39 is 0 Å². The number of H-pyrrole nitrogens is 1. The number of nitrogens with zero attached hydrogens (tertiary/aromatic N) is 3. The van der Waals surface area contributed by atoms with Gasteiger partial charge in [0.05, 0.1) is 6.20 Å². The summed E-state index contributed by atoms with van der Waals surface area (Å²) in [4.78, 5) is 15.5. The van der Waals surface area contributed by atoms with Crippen molar-refractivity contribution in [1.29, 1.82) is 0 Å². The first-order valence-corrected chi connectivity index (χ1v) is 5.74. The van der Waals surface area contributed by atoms with Crippen molar-refractivity contribution >= 4 is 28.4 Å². The second kappa shape index (κ2) is 3.57. The minimum Gasteiger partial charge on any atom is -0.368 e. The molecule has 3 aromatic heterocycles. The summed E-state index contributed by atoms with van der Waals surface area (Å²) in [5.74, 6) is 1.14. The minimum atomic E-state index is 0.262. The number of rotatable bonds is 2. The van der Waals surface area contributed by atoms with Gasteiger partial charge in [0.25, 0.3) is 0 Å². The van der Waals surface area contributed by atoms with Crippen LogP contribution in [0, 0.1) is 0 Å². The average molecular weight is 231 g/mol. The number of nitrogens with one attached hydrogen (secondary N) is 1. The van der Waals surface area contributed by atoms with E-state index in [0.717, 1.165) is 17.8 Å². The van der Waals surface area contributed by atoms with Crippen molar-refractivity contribution in [1.82, 2.24) is 19.9 Å². The van der Waals surface area contributed by atoms with Crippen LogP contribution < -0.4 is 5.73 Å². The SMILES string of the molecule is Nc1ncc2nc(Cc3ccsc3)[nH]c2n1. The highest BCUT2D eigenvalue weighted by Gasteiger charge is 2.05. The number of nitrogens with two attached hydrogens (primary N) is 1. The molecule has 0 aromatic carbocycles. The van der Waals surface area contributed by atoms with Gasteiger partial charge < -0.3 is 10.7 Å². The molecule has 0 unspecified atom stereocenters. The second-order valence-electron chi connectivity index (χ2n) is 3.45. The number of anilines is 1. The summed E-state index contributed by atoms with van der Waals surface area (Å²) in [7, 11) is 0. The standard InChI is InChI=1S/C10H9N5S/c11-10-12-4-7-9(15-10)14-8(13-7)3-6-1-2-16-5-6/h1-2,4-5H,3H2,(H3,11,12,13,14,15). The Morgan fingerprint density at radius 1 is 1.38 bits per heavy atom. The van der Waals surface area contributed by atoms with E-state index in [9.17, 15) is 0 Å². The van der Waals surface area contributed by atoms with Gasteiger partial charge in [0, 0.05) is 6.42 Å². The summed E-state index contributed by atoms with van der Waals surface area (Å²) in [5.41, 5.74) is 8.18. The Kier molecular flexibility index (Phi) is 2.07. The number of aromatic amines is 1. The number of hydrogen-bond donors (Lipinski definition) is 2. The van der Waals surface area contributed by atoms with Gasteiger partial charge in [0.15, 0.2) is 5.65 Å². The molecule has 3 N–H and O–H groups in total. The van der Waals surface area contributed by atoms with Gasteiger partial charge in [-0.15, -0.1) is 0 Å². The van der Waals surface area contributed by atoms with Crippen LogP contribution in [0.1, 0.15) is 11.4 Å². The lowest BCUT2D eigenvalue weighted by molar-refractivity contribution is 1.04. The molecule has 0 saturated heterocycles. The van der Waals surface area contributed by atoms with E-state index in [1.165, 1.54) is 5.56 Å². The summed E-state index contributed by atoms with van der Waals surface area (Å²) in [6.07, 6.45) is 2.41. The van der Waals surface area contributed by atoms with Crippen molar-refractivity contribution in [3.05, 3.63) is 34.4 Å². The third kappa shape index (κ3) is 1.63. The molecule has 0 aliphatic carbocycles. The predicted octanol–water partition coefficient (Wildman–Crippen LogP) is 1.59. The highest BCUT2D eigenvalue weighted by Crippen LogP contribution is 2.13. The van der Waals surface area contributed by atoms with Gasteiger partial charge in [-0.05, 0) is 22.4 Å². The smallest absolute Gasteiger partial charge is 0.222 e. The van der Waals surface area contributed by atoms with Crippen LogP contribution in [-0.2, 0) is 6.42 Å². The van der Waals surface area contributed by atoms with Crippen LogP contribution >= 0.6 is 11.3 Å². The molecule has 0 aliphatic rings. The predicted molar refractivity (Wildman–Crippen MR) is 63.2 cm³/mol. The van der Waals surface area contributed by atoms with Crippen molar-refractivity contribution in [2.24, 2.45) is 0 Å². The van der Waals surface area contributed by atoms with Gasteiger partial charge in [0.1, 0.15) is 11.3 Å². The highest BCUT2D eigenvalue weighted by molar-refractivity contribution is 7.07. The summed E-state index contributed by atoms with van der Waals surface area (Å²) in [5, 5.41) is 4.16. The van der Waals surface area contributed by atoms with Gasteiger partial charge in [-0.3, -0.25) is 0 Å². The van der Waals surface area contributed by atoms with Crippen LogP contribution in [-0.4, -0.2) is 19.9 Å². The normalized spacial score (nSPS) is 11.0. The summed E-state index contributed by atoms with van der Waals surface area (Å²) in [6, 6.07) is 2.08. The fourth-order valence-corrected chi connectivity index (χ4v) is 2.21. The maximum atomic E-state index is 5.50. The Balaban J connectivity index is 1.99. The van der Waals surface area contributed by atoms with Crippen LogP contribution in [0.3, 0.4) is 0 Å². The molecule has 0 aliphatic heterocycles. The van der Waals surface area contributed by atoms with Crippen LogP contribution in [0.4, 0.5) is 5.95 Å². The van der Waals surface area contributed by atoms with Gasteiger partial charge >= 0.3 is 0 Å². The Hall–Kier alpha value is -1.95. The second-order valence-corrected chi connectivity index (χ2v) is 4.23. The molecule has 0 fully saturated rings. The van der Waals surface area contributed by atoms with Crippen molar-refractivity contribution < 1.29 is 0 Å². The molecule has 0 radical (unpaired) electrons. The molecule has 80 valence electrons. The van der Waals surface area contributed by atoms with Crippen molar-refractivity contribution in [3.63, 3.8) is 0 Å². The number of fused-ring (bicyclic) bond motifs is 1. The fourth-order valence-electron chi connectivity index (χ4n) is 1.54. The molecule has 0 bridgehead atoms. The summed E-state index contributed by atoms with van der Waals surface area (Å²) >= 11 is 1.68. The van der Waals surface area contributed by atoms with E-state index in [-0.39, 0.29) is 5.95 Å². The van der Waals surface area contributed by atoms with E-state index in [4.69, 9.17) is 5.73 Å². The average Bonchev–Trinajstić information content (AvgIpc) is 2.86. The number of thiophene rings is 1. The number of aromatic nitrogens is 4. The van der Waals surface area contributed by atoms with E-state index in [0.29, 0.717) is 5.65 Å². The van der Waals surface area contributed by atoms with Gasteiger partial charge in [-0.1, -0.05) is 0 Å². The van der Waals surface area contributed by atoms with E-state index in [1.54, 1.807) is 17.5 Å². The molecule has 5 nitrogen and oxygen atoms in total. The molecule has 0 atom stereocenters. The zero-order chi connectivity index (χ0) is 11.0. The first-order chi connectivity index (χ1) is 7.81. The quantitative estimate of drug-likeness (QED) is 0.701. The Morgan fingerprint density at radius 3 is 3.12 bits per heavy atom. The molecule has 3 aromatic rings. The summed E-state index contributed by atoms with van der Waals surface area (Å²) < 4.78 is 0. The lowest BCUT2D eigenvalue weighted by Gasteiger charge is -1.90. The van der Waals surface area contributed by atoms with Gasteiger partial charge in [-0.25, -0.2) is 9.97 Å². The Morgan fingerprint density at radius 2 is 2.31 bits per heavy atom. The zero-order valence-electron chi connectivity index (χ0n) is 8.34. The number of imidazole rings is 1. The molecule has 6 heteroatoms. The first-order valence-electron chi connectivity index (χ1n) is 4.79. The molecule has 0 saturated carbocycles. The van der Waals surface area contributed by atoms with Gasteiger partial charge in [0.2, 0.25) is 5.95 Å². The lowest BCUT2D eigenvalue weighted by Crippen LogP contribution is -1.93. The topological polar surface area (TPSA) is 80.5 Å². The maximum absolute atomic E-state index is 5.50. The molecular weight excluding hydrogens is 222 g/mol. The Bertz CT molecular complexity index is 613. The van der Waals surface area contributed by atoms with Crippen LogP contribution in [0.25, 0.3) is 11.2 Å². The van der Waals surface area contributed by atoms with Crippen molar-refractivity contribution in [3.8, 4) is 0 Å². The van der Waals surface area contributed by atoms with E-state index in [2.05, 4.69) is 36.8 Å². The van der Waals surface area contributed by atoms with E-state index >= 15 is 0 Å². The molecule has 0 spiro atoms. The molecule has 3 heterocycles. The van der Waals surface area contributed by atoms with Crippen LogP contribution in [0.15, 0.2) is 23.0 Å². The molecule has 16 heavy (non-hydrogen) atoms. The Labute approximate surface area is 95.4 Å². The fraction of sp³-hybridized carbons (Fsp3) is 0.100. The molecular formula is C10H9N5S. The third-order valence-corrected chi connectivity index (χ3v) is 2.99. The molecule has 3 rings (SSSR count). The first kappa shape index (κ1) is 9.29. The maximum Gasteiger partial charge on any atom is 0.222 e. The van der Waals surface area contributed by atoms with Crippen LogP contribution in [0.2, 0.25) is 0 Å².